The number of hydrogen-bond acceptors (Lipinski definition) is 3. The van der Waals surface area contributed by atoms with Crippen LogP contribution in [0.15, 0.2) is 18.2 Å². The van der Waals surface area contributed by atoms with Gasteiger partial charge < -0.3 is 5.11 Å². The predicted molar refractivity (Wildman–Crippen MR) is 59.2 cm³/mol. The maximum atomic E-state index is 13.2. The minimum atomic E-state index is -4.09. The normalized spacial score (nSPS) is 13.3. The maximum absolute atomic E-state index is 13.2. The fraction of sp³-hybridized carbons (Fsp3) is 0.300. The smallest absolute Gasteiger partial charge is 0.323 e. The van der Waals surface area contributed by atoms with Gasteiger partial charge in [-0.25, -0.2) is 21.9 Å². The lowest BCUT2D eigenvalue weighted by Gasteiger charge is -2.10. The molecule has 0 saturated carbocycles. The van der Waals surface area contributed by atoms with Crippen molar-refractivity contribution in [3.05, 3.63) is 35.4 Å². The Morgan fingerprint density at radius 1 is 1.44 bits per heavy atom. The number of carboxylic acid groups (broad SMARTS) is 1. The van der Waals surface area contributed by atoms with Gasteiger partial charge in [0, 0.05) is 18.2 Å². The van der Waals surface area contributed by atoms with Crippen molar-refractivity contribution in [1.82, 2.24) is 4.72 Å². The van der Waals surface area contributed by atoms with Crippen molar-refractivity contribution in [1.29, 1.82) is 0 Å². The minimum absolute atomic E-state index is 0.0717. The molecule has 1 atom stereocenters. The van der Waals surface area contributed by atoms with E-state index in [0.717, 1.165) is 19.1 Å². The molecule has 0 spiro atoms. The van der Waals surface area contributed by atoms with Gasteiger partial charge in [-0.15, -0.1) is 0 Å². The number of rotatable bonds is 5. The maximum Gasteiger partial charge on any atom is 0.323 e. The standard InChI is InChI=1S/C10H11F2NO4S/c1-6(10(14)15)18(16,17)13-5-7-2-3-8(11)4-9(7)12/h2-4,6,13H,5H2,1H3,(H,14,15). The van der Waals surface area contributed by atoms with E-state index in [1.165, 1.54) is 0 Å². The molecule has 0 radical (unpaired) electrons. The van der Waals surface area contributed by atoms with Gasteiger partial charge in [-0.2, -0.15) is 0 Å². The van der Waals surface area contributed by atoms with Gasteiger partial charge in [0.1, 0.15) is 11.6 Å². The van der Waals surface area contributed by atoms with Gasteiger partial charge in [0.05, 0.1) is 0 Å². The second-order valence-corrected chi connectivity index (χ2v) is 5.67. The molecule has 1 aromatic carbocycles. The Balaban J connectivity index is 2.79. The van der Waals surface area contributed by atoms with Crippen molar-refractivity contribution in [3.8, 4) is 0 Å². The first-order valence-electron chi connectivity index (χ1n) is 4.89. The average molecular weight is 279 g/mol. The number of benzene rings is 1. The van der Waals surface area contributed by atoms with Crippen LogP contribution in [0.1, 0.15) is 12.5 Å². The summed E-state index contributed by atoms with van der Waals surface area (Å²) in [6, 6.07) is 2.68. The first-order valence-corrected chi connectivity index (χ1v) is 6.44. The highest BCUT2D eigenvalue weighted by atomic mass is 32.2. The Hall–Kier alpha value is -1.54. The van der Waals surface area contributed by atoms with Gasteiger partial charge in [-0.3, -0.25) is 4.79 Å². The van der Waals surface area contributed by atoms with Crippen molar-refractivity contribution in [2.75, 3.05) is 0 Å². The van der Waals surface area contributed by atoms with E-state index in [2.05, 4.69) is 0 Å². The number of hydrogen-bond donors (Lipinski definition) is 2. The molecular formula is C10H11F2NO4S. The van der Waals surface area contributed by atoms with Crippen LogP contribution in [-0.2, 0) is 21.4 Å². The Kier molecular flexibility index (Phi) is 4.36. The lowest BCUT2D eigenvalue weighted by molar-refractivity contribution is -0.136. The second-order valence-electron chi connectivity index (χ2n) is 3.58. The number of aliphatic carboxylic acids is 1. The molecule has 100 valence electrons. The van der Waals surface area contributed by atoms with Crippen molar-refractivity contribution in [2.24, 2.45) is 0 Å². The van der Waals surface area contributed by atoms with E-state index in [9.17, 15) is 22.0 Å². The molecule has 18 heavy (non-hydrogen) atoms. The molecule has 1 rings (SSSR count). The van der Waals surface area contributed by atoms with E-state index in [0.29, 0.717) is 6.07 Å². The molecule has 0 saturated heterocycles. The van der Waals surface area contributed by atoms with E-state index in [4.69, 9.17) is 5.11 Å². The predicted octanol–water partition coefficient (Wildman–Crippen LogP) is 0.857. The second kappa shape index (κ2) is 5.40. The van der Waals surface area contributed by atoms with Crippen molar-refractivity contribution in [2.45, 2.75) is 18.7 Å². The van der Waals surface area contributed by atoms with Gasteiger partial charge in [-0.05, 0) is 13.0 Å². The first-order chi connectivity index (χ1) is 8.24. The van der Waals surface area contributed by atoms with Crippen LogP contribution in [-0.4, -0.2) is 24.7 Å². The monoisotopic (exact) mass is 279 g/mol. The zero-order valence-corrected chi connectivity index (χ0v) is 10.2. The van der Waals surface area contributed by atoms with Crippen LogP contribution in [0.2, 0.25) is 0 Å². The third-order valence-corrected chi connectivity index (χ3v) is 3.97. The molecule has 2 N–H and O–H groups in total. The number of carboxylic acids is 1. The quantitative estimate of drug-likeness (QED) is 0.837. The number of halogens is 2. The zero-order valence-electron chi connectivity index (χ0n) is 9.35. The highest BCUT2D eigenvalue weighted by Crippen LogP contribution is 2.10. The summed E-state index contributed by atoms with van der Waals surface area (Å²) >= 11 is 0. The Bertz CT molecular complexity index is 559. The molecule has 1 aromatic rings. The summed E-state index contributed by atoms with van der Waals surface area (Å²) < 4.78 is 50.6. The average Bonchev–Trinajstić information content (AvgIpc) is 2.26. The lowest BCUT2D eigenvalue weighted by Crippen LogP contribution is -2.37. The van der Waals surface area contributed by atoms with Crippen molar-refractivity contribution < 1.29 is 27.1 Å². The molecule has 0 bridgehead atoms. The Labute approximate surface area is 102 Å². The van der Waals surface area contributed by atoms with Crippen LogP contribution in [0.4, 0.5) is 8.78 Å². The fourth-order valence-corrected chi connectivity index (χ4v) is 1.97. The molecule has 0 amide bonds. The summed E-state index contributed by atoms with van der Waals surface area (Å²) in [5, 5.41) is 6.91. The lowest BCUT2D eigenvalue weighted by atomic mass is 10.2. The van der Waals surface area contributed by atoms with E-state index in [-0.39, 0.29) is 5.56 Å². The van der Waals surface area contributed by atoms with Crippen molar-refractivity contribution >= 4 is 16.0 Å². The van der Waals surface area contributed by atoms with Gasteiger partial charge in [0.15, 0.2) is 5.25 Å². The first kappa shape index (κ1) is 14.5. The molecular weight excluding hydrogens is 268 g/mol. The molecule has 0 fully saturated rings. The van der Waals surface area contributed by atoms with Crippen LogP contribution in [0.5, 0.6) is 0 Å². The molecule has 0 aliphatic rings. The largest absolute Gasteiger partial charge is 0.480 e. The summed E-state index contributed by atoms with van der Waals surface area (Å²) in [6.45, 7) is 0.553. The van der Waals surface area contributed by atoms with Crippen LogP contribution >= 0.6 is 0 Å². The third kappa shape index (κ3) is 3.47. The van der Waals surface area contributed by atoms with Crippen molar-refractivity contribution in [3.63, 3.8) is 0 Å². The van der Waals surface area contributed by atoms with Gasteiger partial charge in [-0.1, -0.05) is 6.07 Å². The van der Waals surface area contributed by atoms with Crippen LogP contribution in [0, 0.1) is 11.6 Å². The molecule has 0 aliphatic heterocycles. The van der Waals surface area contributed by atoms with Gasteiger partial charge in [0.25, 0.3) is 0 Å². The summed E-state index contributed by atoms with van der Waals surface area (Å²) in [6.07, 6.45) is 0. The zero-order chi connectivity index (χ0) is 13.9. The van der Waals surface area contributed by atoms with E-state index in [1.807, 2.05) is 4.72 Å². The van der Waals surface area contributed by atoms with E-state index in [1.54, 1.807) is 0 Å². The SMILES string of the molecule is CC(C(=O)O)S(=O)(=O)NCc1ccc(F)cc1F. The summed E-state index contributed by atoms with van der Waals surface area (Å²) in [5.74, 6) is -3.19. The fourth-order valence-electron chi connectivity index (χ4n) is 1.10. The van der Waals surface area contributed by atoms with Gasteiger partial charge in [0.2, 0.25) is 10.0 Å². The highest BCUT2D eigenvalue weighted by Gasteiger charge is 2.27. The summed E-state index contributed by atoms with van der Waals surface area (Å²) in [5.41, 5.74) is -0.0717. The summed E-state index contributed by atoms with van der Waals surface area (Å²) in [4.78, 5) is 10.5. The molecule has 0 aromatic heterocycles. The van der Waals surface area contributed by atoms with Crippen LogP contribution < -0.4 is 4.72 Å². The Morgan fingerprint density at radius 3 is 2.56 bits per heavy atom. The van der Waals surface area contributed by atoms with Crippen LogP contribution in [0.3, 0.4) is 0 Å². The molecule has 1 unspecified atom stereocenters. The van der Waals surface area contributed by atoms with Crippen LogP contribution in [0.25, 0.3) is 0 Å². The number of nitrogens with one attached hydrogen (secondary N) is 1. The molecule has 0 aliphatic carbocycles. The van der Waals surface area contributed by atoms with E-state index >= 15 is 0 Å². The summed E-state index contributed by atoms with van der Waals surface area (Å²) in [7, 11) is -4.09. The number of carbonyl (C=O) groups is 1. The topological polar surface area (TPSA) is 83.5 Å². The molecule has 0 heterocycles. The minimum Gasteiger partial charge on any atom is -0.480 e. The molecule has 5 nitrogen and oxygen atoms in total. The highest BCUT2D eigenvalue weighted by molar-refractivity contribution is 7.90. The number of sulfonamides is 1. The third-order valence-electron chi connectivity index (χ3n) is 2.29. The van der Waals surface area contributed by atoms with Gasteiger partial charge >= 0.3 is 5.97 Å². The Morgan fingerprint density at radius 2 is 2.06 bits per heavy atom. The van der Waals surface area contributed by atoms with E-state index < -0.39 is 39.4 Å². The molecule has 8 heteroatoms.